The normalized spacial score (nSPS) is 12.4. The quantitative estimate of drug-likeness (QED) is 0.643. The Balaban J connectivity index is 2.49. The lowest BCUT2D eigenvalue weighted by atomic mass is 9.93. The number of nitrogens with two attached hydrogens (primary N) is 1. The van der Waals surface area contributed by atoms with Crippen LogP contribution in [0.1, 0.15) is 28.3 Å². The van der Waals surface area contributed by atoms with E-state index >= 15 is 0 Å². The molecule has 0 heterocycles. The van der Waals surface area contributed by atoms with Gasteiger partial charge in [-0.15, -0.1) is 0 Å². The summed E-state index contributed by atoms with van der Waals surface area (Å²) in [4.78, 5) is 0. The van der Waals surface area contributed by atoms with E-state index in [1.54, 1.807) is 6.07 Å². The van der Waals surface area contributed by atoms with Crippen molar-refractivity contribution in [1.29, 1.82) is 0 Å². The summed E-state index contributed by atoms with van der Waals surface area (Å²) in [7, 11) is 0. The Hall–Kier alpha value is -1.71. The lowest BCUT2D eigenvalue weighted by molar-refractivity contribution is 0.604. The minimum Gasteiger partial charge on any atom is -0.271 e. The Morgan fingerprint density at radius 2 is 1.83 bits per heavy atom. The Bertz CT molecular complexity index is 552. The molecule has 0 bridgehead atoms. The van der Waals surface area contributed by atoms with E-state index in [0.29, 0.717) is 0 Å². The number of nitrogens with one attached hydrogen (secondary N) is 1. The van der Waals surface area contributed by atoms with E-state index in [9.17, 15) is 4.39 Å². The molecule has 0 radical (unpaired) electrons. The van der Waals surface area contributed by atoms with Crippen LogP contribution in [0.2, 0.25) is 0 Å². The van der Waals surface area contributed by atoms with Crippen LogP contribution in [0.4, 0.5) is 4.39 Å². The first kappa shape index (κ1) is 12.7. The Morgan fingerprint density at radius 1 is 1.11 bits per heavy atom. The zero-order valence-corrected chi connectivity index (χ0v) is 10.6. The van der Waals surface area contributed by atoms with Crippen molar-refractivity contribution in [2.75, 3.05) is 0 Å². The topological polar surface area (TPSA) is 38.0 Å². The highest BCUT2D eigenvalue weighted by Gasteiger charge is 2.15. The van der Waals surface area contributed by atoms with Crippen LogP contribution in [0.5, 0.6) is 0 Å². The molecule has 94 valence electrons. The molecule has 0 spiro atoms. The highest BCUT2D eigenvalue weighted by atomic mass is 19.1. The van der Waals surface area contributed by atoms with Crippen LogP contribution < -0.4 is 11.3 Å². The highest BCUT2D eigenvalue weighted by molar-refractivity contribution is 5.40. The van der Waals surface area contributed by atoms with Crippen molar-refractivity contribution in [2.24, 2.45) is 5.84 Å². The van der Waals surface area contributed by atoms with Crippen molar-refractivity contribution >= 4 is 0 Å². The second-order valence-corrected chi connectivity index (χ2v) is 4.44. The summed E-state index contributed by atoms with van der Waals surface area (Å²) in [5.74, 6) is 5.38. The summed E-state index contributed by atoms with van der Waals surface area (Å²) in [6.07, 6.45) is 0. The first-order valence-electron chi connectivity index (χ1n) is 5.91. The standard InChI is InChI=1S/C15H17FN2/c1-10-5-3-8-14(11(10)2)15(18-17)12-6-4-7-13(16)9-12/h3-9,15,18H,17H2,1-2H3. The third-order valence-electron chi connectivity index (χ3n) is 3.31. The van der Waals surface area contributed by atoms with E-state index in [4.69, 9.17) is 5.84 Å². The fraction of sp³-hybridized carbons (Fsp3) is 0.200. The lowest BCUT2D eigenvalue weighted by Gasteiger charge is -2.20. The van der Waals surface area contributed by atoms with E-state index < -0.39 is 0 Å². The molecule has 2 nitrogen and oxygen atoms in total. The molecule has 2 aromatic rings. The van der Waals surface area contributed by atoms with Crippen LogP contribution in [0.15, 0.2) is 42.5 Å². The number of benzene rings is 2. The molecule has 2 rings (SSSR count). The number of hydrogen-bond acceptors (Lipinski definition) is 2. The van der Waals surface area contributed by atoms with Gasteiger partial charge in [-0.1, -0.05) is 30.3 Å². The van der Waals surface area contributed by atoms with E-state index in [2.05, 4.69) is 18.4 Å². The van der Waals surface area contributed by atoms with Gasteiger partial charge >= 0.3 is 0 Å². The maximum atomic E-state index is 13.3. The van der Waals surface area contributed by atoms with Gasteiger partial charge in [-0.3, -0.25) is 5.84 Å². The van der Waals surface area contributed by atoms with Crippen LogP contribution in [0.25, 0.3) is 0 Å². The van der Waals surface area contributed by atoms with Crippen LogP contribution in [-0.4, -0.2) is 0 Å². The predicted octanol–water partition coefficient (Wildman–Crippen LogP) is 3.00. The van der Waals surface area contributed by atoms with Crippen molar-refractivity contribution in [3.05, 3.63) is 70.5 Å². The molecule has 1 unspecified atom stereocenters. The molecule has 0 saturated carbocycles. The number of halogens is 1. The third kappa shape index (κ3) is 2.42. The third-order valence-corrected chi connectivity index (χ3v) is 3.31. The van der Waals surface area contributed by atoms with E-state index in [-0.39, 0.29) is 11.9 Å². The lowest BCUT2D eigenvalue weighted by Crippen LogP contribution is -2.29. The molecule has 0 aliphatic carbocycles. The number of aryl methyl sites for hydroxylation is 1. The van der Waals surface area contributed by atoms with Gasteiger partial charge in [-0.2, -0.15) is 0 Å². The van der Waals surface area contributed by atoms with E-state index in [1.165, 1.54) is 23.3 Å². The summed E-state index contributed by atoms with van der Waals surface area (Å²) in [6.45, 7) is 4.10. The largest absolute Gasteiger partial charge is 0.271 e. The molecule has 2 aromatic carbocycles. The smallest absolute Gasteiger partial charge is 0.123 e. The first-order chi connectivity index (χ1) is 8.63. The average Bonchev–Trinajstić information content (AvgIpc) is 2.35. The van der Waals surface area contributed by atoms with E-state index in [1.807, 2.05) is 25.1 Å². The molecule has 0 saturated heterocycles. The average molecular weight is 244 g/mol. The SMILES string of the molecule is Cc1cccc(C(NN)c2cccc(F)c2)c1C. The summed E-state index contributed by atoms with van der Waals surface area (Å²) in [5, 5.41) is 0. The molecule has 0 fully saturated rings. The second kappa shape index (κ2) is 5.29. The number of rotatable bonds is 3. The maximum Gasteiger partial charge on any atom is 0.123 e. The van der Waals surface area contributed by atoms with Gasteiger partial charge in [0.05, 0.1) is 6.04 Å². The maximum absolute atomic E-state index is 13.3. The Morgan fingerprint density at radius 3 is 2.50 bits per heavy atom. The summed E-state index contributed by atoms with van der Waals surface area (Å²) in [6, 6.07) is 12.4. The van der Waals surface area contributed by atoms with Crippen LogP contribution in [-0.2, 0) is 0 Å². The van der Waals surface area contributed by atoms with Crippen LogP contribution >= 0.6 is 0 Å². The van der Waals surface area contributed by atoms with E-state index in [0.717, 1.165) is 11.1 Å². The van der Waals surface area contributed by atoms with Crippen molar-refractivity contribution in [1.82, 2.24) is 5.43 Å². The number of hydrazine groups is 1. The zero-order chi connectivity index (χ0) is 13.1. The minimum atomic E-state index is -0.252. The summed E-state index contributed by atoms with van der Waals surface area (Å²) in [5.41, 5.74) is 7.03. The molecule has 0 aliphatic heterocycles. The molecular weight excluding hydrogens is 227 g/mol. The summed E-state index contributed by atoms with van der Waals surface area (Å²) < 4.78 is 13.3. The van der Waals surface area contributed by atoms with Gasteiger partial charge in [0.15, 0.2) is 0 Å². The summed E-state index contributed by atoms with van der Waals surface area (Å²) >= 11 is 0. The van der Waals surface area contributed by atoms with Gasteiger partial charge in [0, 0.05) is 0 Å². The molecule has 3 heteroatoms. The molecule has 3 N–H and O–H groups in total. The van der Waals surface area contributed by atoms with Gasteiger partial charge in [-0.05, 0) is 48.2 Å². The van der Waals surface area contributed by atoms with Gasteiger partial charge in [0.1, 0.15) is 5.82 Å². The molecule has 0 aromatic heterocycles. The first-order valence-corrected chi connectivity index (χ1v) is 5.91. The fourth-order valence-electron chi connectivity index (χ4n) is 2.14. The molecular formula is C15H17FN2. The van der Waals surface area contributed by atoms with Crippen molar-refractivity contribution in [3.63, 3.8) is 0 Å². The zero-order valence-electron chi connectivity index (χ0n) is 10.6. The number of hydrogen-bond donors (Lipinski definition) is 2. The second-order valence-electron chi connectivity index (χ2n) is 4.44. The van der Waals surface area contributed by atoms with Crippen molar-refractivity contribution in [3.8, 4) is 0 Å². The Kier molecular flexibility index (Phi) is 3.75. The van der Waals surface area contributed by atoms with Gasteiger partial charge in [0.2, 0.25) is 0 Å². The van der Waals surface area contributed by atoms with Crippen molar-refractivity contribution in [2.45, 2.75) is 19.9 Å². The van der Waals surface area contributed by atoms with Gasteiger partial charge in [-0.25, -0.2) is 9.82 Å². The fourth-order valence-corrected chi connectivity index (χ4v) is 2.14. The minimum absolute atomic E-state index is 0.194. The molecule has 1 atom stereocenters. The van der Waals surface area contributed by atoms with Crippen molar-refractivity contribution < 1.29 is 4.39 Å². The molecule has 0 amide bonds. The predicted molar refractivity (Wildman–Crippen MR) is 71.5 cm³/mol. The molecule has 18 heavy (non-hydrogen) atoms. The molecule has 0 aliphatic rings. The van der Waals surface area contributed by atoms with Gasteiger partial charge < -0.3 is 0 Å². The van der Waals surface area contributed by atoms with Crippen LogP contribution in [0.3, 0.4) is 0 Å². The van der Waals surface area contributed by atoms with Crippen LogP contribution in [0, 0.1) is 19.7 Å². The monoisotopic (exact) mass is 244 g/mol. The highest BCUT2D eigenvalue weighted by Crippen LogP contribution is 2.26. The van der Waals surface area contributed by atoms with Gasteiger partial charge in [0.25, 0.3) is 0 Å². The Labute approximate surface area is 107 Å².